The monoisotopic (exact) mass is 260 g/mol. The maximum absolute atomic E-state index is 12.1. The number of benzene rings is 1. The van der Waals surface area contributed by atoms with Crippen molar-refractivity contribution < 1.29 is 14.6 Å². The van der Waals surface area contributed by atoms with Gasteiger partial charge in [0.15, 0.2) is 0 Å². The first-order valence-electron chi connectivity index (χ1n) is 6.76. The molecule has 1 aromatic carbocycles. The van der Waals surface area contributed by atoms with E-state index < -0.39 is 0 Å². The minimum absolute atomic E-state index is 0.0884. The number of aliphatic hydroxyl groups excluding tert-OH is 1. The predicted molar refractivity (Wildman–Crippen MR) is 73.4 cm³/mol. The van der Waals surface area contributed by atoms with Gasteiger partial charge >= 0.3 is 5.97 Å². The third-order valence-corrected chi connectivity index (χ3v) is 3.62. The molecular formula is C16H20O3. The van der Waals surface area contributed by atoms with Crippen molar-refractivity contribution >= 4 is 5.97 Å². The minimum Gasteiger partial charge on any atom is -0.453 e. The Bertz CT molecular complexity index is 419. The molecule has 2 rings (SSSR count). The van der Waals surface area contributed by atoms with Crippen molar-refractivity contribution in [3.63, 3.8) is 0 Å². The second kappa shape index (κ2) is 6.53. The van der Waals surface area contributed by atoms with E-state index in [0.29, 0.717) is 25.7 Å². The molecule has 3 heteroatoms. The fourth-order valence-electron chi connectivity index (χ4n) is 2.43. The van der Waals surface area contributed by atoms with E-state index in [0.717, 1.165) is 5.56 Å². The van der Waals surface area contributed by atoms with Gasteiger partial charge in [-0.3, -0.25) is 4.79 Å². The van der Waals surface area contributed by atoms with Crippen molar-refractivity contribution in [1.82, 2.24) is 0 Å². The summed E-state index contributed by atoms with van der Waals surface area (Å²) in [6.45, 7) is 3.73. The molecule has 1 saturated carbocycles. The van der Waals surface area contributed by atoms with Gasteiger partial charge in [-0.15, -0.1) is 0 Å². The van der Waals surface area contributed by atoms with Crippen molar-refractivity contribution in [1.29, 1.82) is 0 Å². The quantitative estimate of drug-likeness (QED) is 0.668. The molecule has 1 unspecified atom stereocenters. The maximum Gasteiger partial charge on any atom is 0.309 e. The molecule has 1 aliphatic rings. The van der Waals surface area contributed by atoms with Gasteiger partial charge in [-0.05, 0) is 37.3 Å². The average Bonchev–Trinajstić information content (AvgIpc) is 2.46. The number of rotatable bonds is 4. The molecule has 0 heterocycles. The first kappa shape index (κ1) is 13.8. The maximum atomic E-state index is 12.1. The van der Waals surface area contributed by atoms with Gasteiger partial charge in [0.2, 0.25) is 0 Å². The molecule has 1 fully saturated rings. The molecule has 0 aromatic heterocycles. The average molecular weight is 260 g/mol. The highest BCUT2D eigenvalue weighted by Gasteiger charge is 2.27. The molecule has 19 heavy (non-hydrogen) atoms. The zero-order valence-electron chi connectivity index (χ0n) is 11.0. The van der Waals surface area contributed by atoms with Crippen LogP contribution in [0.25, 0.3) is 0 Å². The molecule has 0 bridgehead atoms. The van der Waals surface area contributed by atoms with Crippen molar-refractivity contribution in [2.45, 2.75) is 37.9 Å². The molecule has 0 spiro atoms. The van der Waals surface area contributed by atoms with Crippen LogP contribution in [0.4, 0.5) is 0 Å². The molecule has 102 valence electrons. The zero-order valence-corrected chi connectivity index (χ0v) is 11.0. The van der Waals surface area contributed by atoms with Crippen molar-refractivity contribution in [2.75, 3.05) is 0 Å². The van der Waals surface area contributed by atoms with E-state index in [1.165, 1.54) is 0 Å². The number of hydrogen-bond donors (Lipinski definition) is 1. The van der Waals surface area contributed by atoms with Crippen LogP contribution in [0.1, 0.15) is 37.4 Å². The largest absolute Gasteiger partial charge is 0.453 e. The van der Waals surface area contributed by atoms with E-state index in [-0.39, 0.29) is 24.1 Å². The summed E-state index contributed by atoms with van der Waals surface area (Å²) in [4.78, 5) is 12.1. The molecule has 1 N–H and O–H groups in total. The summed E-state index contributed by atoms with van der Waals surface area (Å²) < 4.78 is 5.52. The lowest BCUT2D eigenvalue weighted by atomic mass is 9.87. The highest BCUT2D eigenvalue weighted by molar-refractivity contribution is 5.73. The highest BCUT2D eigenvalue weighted by atomic mass is 16.5. The molecule has 0 radical (unpaired) electrons. The van der Waals surface area contributed by atoms with Gasteiger partial charge < -0.3 is 9.84 Å². The standard InChI is InChI=1S/C16H20O3/c1-2-15(12-6-4-3-5-7-12)19-16(18)13-8-10-14(17)11-9-13/h2-7,13-15,17H,1,8-11H2. The molecular weight excluding hydrogens is 240 g/mol. The molecule has 1 aromatic rings. The van der Waals surface area contributed by atoms with Gasteiger partial charge in [0.05, 0.1) is 12.0 Å². The second-order valence-electron chi connectivity index (χ2n) is 5.01. The lowest BCUT2D eigenvalue weighted by Crippen LogP contribution is -2.26. The predicted octanol–water partition coefficient (Wildman–Crippen LogP) is 3.01. The van der Waals surface area contributed by atoms with E-state index in [1.54, 1.807) is 6.08 Å². The Morgan fingerprint density at radius 2 is 1.89 bits per heavy atom. The van der Waals surface area contributed by atoms with Gasteiger partial charge in [-0.1, -0.05) is 36.9 Å². The molecule has 0 saturated heterocycles. The zero-order chi connectivity index (χ0) is 13.7. The minimum atomic E-state index is -0.388. The Balaban J connectivity index is 1.95. The van der Waals surface area contributed by atoms with Gasteiger partial charge in [-0.2, -0.15) is 0 Å². The highest BCUT2D eigenvalue weighted by Crippen LogP contribution is 2.28. The van der Waals surface area contributed by atoms with Crippen LogP contribution in [0.2, 0.25) is 0 Å². The lowest BCUT2D eigenvalue weighted by Gasteiger charge is -2.25. The number of carbonyl (C=O) groups is 1. The summed E-state index contributed by atoms with van der Waals surface area (Å²) >= 11 is 0. The summed E-state index contributed by atoms with van der Waals surface area (Å²) in [6.07, 6.45) is 3.78. The summed E-state index contributed by atoms with van der Waals surface area (Å²) in [7, 11) is 0. The van der Waals surface area contributed by atoms with Crippen LogP contribution < -0.4 is 0 Å². The van der Waals surface area contributed by atoms with Gasteiger partial charge in [0.25, 0.3) is 0 Å². The van der Waals surface area contributed by atoms with Crippen LogP contribution in [0.5, 0.6) is 0 Å². The number of ether oxygens (including phenoxy) is 1. The fraction of sp³-hybridized carbons (Fsp3) is 0.438. The number of hydrogen-bond acceptors (Lipinski definition) is 3. The summed E-state index contributed by atoms with van der Waals surface area (Å²) in [5.41, 5.74) is 0.932. The molecule has 0 amide bonds. The van der Waals surface area contributed by atoms with Crippen LogP contribution in [0, 0.1) is 5.92 Å². The van der Waals surface area contributed by atoms with Crippen LogP contribution in [0.15, 0.2) is 43.0 Å². The van der Waals surface area contributed by atoms with Crippen molar-refractivity contribution in [3.8, 4) is 0 Å². The Kier molecular flexibility index (Phi) is 4.74. The van der Waals surface area contributed by atoms with Gasteiger partial charge in [0.1, 0.15) is 6.10 Å². The van der Waals surface area contributed by atoms with E-state index in [4.69, 9.17) is 4.74 Å². The Morgan fingerprint density at radius 1 is 1.26 bits per heavy atom. The van der Waals surface area contributed by atoms with Crippen LogP contribution in [-0.2, 0) is 9.53 Å². The van der Waals surface area contributed by atoms with Crippen molar-refractivity contribution in [2.24, 2.45) is 5.92 Å². The Morgan fingerprint density at radius 3 is 2.47 bits per heavy atom. The van der Waals surface area contributed by atoms with Gasteiger partial charge in [-0.25, -0.2) is 0 Å². The van der Waals surface area contributed by atoms with Gasteiger partial charge in [0, 0.05) is 0 Å². The SMILES string of the molecule is C=CC(OC(=O)C1CCC(O)CC1)c1ccccc1. The number of aliphatic hydroxyl groups is 1. The summed E-state index contributed by atoms with van der Waals surface area (Å²) in [5, 5.41) is 9.45. The van der Waals surface area contributed by atoms with Crippen LogP contribution in [-0.4, -0.2) is 17.2 Å². The van der Waals surface area contributed by atoms with E-state index >= 15 is 0 Å². The molecule has 1 atom stereocenters. The Labute approximate surface area is 113 Å². The van der Waals surface area contributed by atoms with E-state index in [2.05, 4.69) is 6.58 Å². The number of esters is 1. The van der Waals surface area contributed by atoms with E-state index in [9.17, 15) is 9.90 Å². The lowest BCUT2D eigenvalue weighted by molar-refractivity contribution is -0.154. The first-order valence-corrected chi connectivity index (χ1v) is 6.76. The Hall–Kier alpha value is -1.61. The third kappa shape index (κ3) is 3.67. The third-order valence-electron chi connectivity index (χ3n) is 3.62. The van der Waals surface area contributed by atoms with E-state index in [1.807, 2.05) is 30.3 Å². The molecule has 0 aliphatic heterocycles. The summed E-state index contributed by atoms with van der Waals surface area (Å²) in [5.74, 6) is -0.268. The van der Waals surface area contributed by atoms with Crippen molar-refractivity contribution in [3.05, 3.63) is 48.6 Å². The normalized spacial score (nSPS) is 24.5. The van der Waals surface area contributed by atoms with Crippen LogP contribution >= 0.6 is 0 Å². The number of carbonyl (C=O) groups excluding carboxylic acids is 1. The first-order chi connectivity index (χ1) is 9.20. The fourth-order valence-corrected chi connectivity index (χ4v) is 2.43. The molecule has 1 aliphatic carbocycles. The van der Waals surface area contributed by atoms with Crippen LogP contribution in [0.3, 0.4) is 0 Å². The molecule has 3 nitrogen and oxygen atoms in total. The summed E-state index contributed by atoms with van der Waals surface area (Å²) in [6, 6.07) is 9.59. The topological polar surface area (TPSA) is 46.5 Å². The smallest absolute Gasteiger partial charge is 0.309 e. The second-order valence-corrected chi connectivity index (χ2v) is 5.01.